The predicted octanol–water partition coefficient (Wildman–Crippen LogP) is 7.76. The lowest BCUT2D eigenvalue weighted by atomic mass is 9.35. The second-order valence-corrected chi connectivity index (χ2v) is 13.2. The topological polar surface area (TPSA) is 18.5 Å². The lowest BCUT2D eigenvalue weighted by Gasteiger charge is -2.42. The second-order valence-electron chi connectivity index (χ2n) is 10.1. The summed E-state index contributed by atoms with van der Waals surface area (Å²) in [6.07, 6.45) is 0. The van der Waals surface area contributed by atoms with Gasteiger partial charge >= 0.3 is 0 Å². The molecule has 0 saturated heterocycles. The molecule has 2 heterocycles. The number of para-hydroxylation sites is 1. The molecule has 0 bridgehead atoms. The van der Waals surface area contributed by atoms with Crippen molar-refractivity contribution >= 4 is 33.1 Å². The van der Waals surface area contributed by atoms with Crippen LogP contribution in [-0.2, 0) is 0 Å². The molecule has 6 aromatic carbocycles. The number of benzene rings is 6. The van der Waals surface area contributed by atoms with E-state index in [-0.39, 0.29) is 6.71 Å². The average Bonchev–Trinajstić information content (AvgIpc) is 3.03. The summed E-state index contributed by atoms with van der Waals surface area (Å²) < 4.78 is 13.0. The van der Waals surface area contributed by atoms with E-state index in [1.165, 1.54) is 30.5 Å². The first-order chi connectivity index (χ1) is 19.8. The highest BCUT2D eigenvalue weighted by Gasteiger charge is 2.41. The maximum atomic E-state index is 6.72. The highest BCUT2D eigenvalue weighted by Crippen LogP contribution is 2.73. The van der Waals surface area contributed by atoms with E-state index in [4.69, 9.17) is 9.47 Å². The molecule has 2 nitrogen and oxygen atoms in total. The van der Waals surface area contributed by atoms with Gasteiger partial charge in [-0.15, -0.1) is 10.0 Å². The van der Waals surface area contributed by atoms with Gasteiger partial charge in [0.25, 0.3) is 6.71 Å². The standard InChI is InChI=1S/C36H25BO2S/c1-4-13-26(14-5-1)40(27-15-6-2-7-16-27,28-17-8-3-9-18-28)29-23-24-31-35(25-29)39-34-22-12-21-33-36(34)37(31)30-19-10-11-20-32(30)38-33/h1-25H. The van der Waals surface area contributed by atoms with Crippen molar-refractivity contribution in [3.63, 3.8) is 0 Å². The minimum absolute atomic E-state index is 0.0588. The van der Waals surface area contributed by atoms with Crippen LogP contribution >= 0.6 is 10.0 Å². The normalized spacial score (nSPS) is 13.2. The predicted molar refractivity (Wildman–Crippen MR) is 164 cm³/mol. The lowest BCUT2D eigenvalue weighted by Crippen LogP contribution is -2.57. The van der Waals surface area contributed by atoms with Crippen molar-refractivity contribution < 1.29 is 9.47 Å². The van der Waals surface area contributed by atoms with Crippen molar-refractivity contribution in [2.75, 3.05) is 0 Å². The van der Waals surface area contributed by atoms with Crippen LogP contribution in [0.25, 0.3) is 0 Å². The van der Waals surface area contributed by atoms with E-state index < -0.39 is 10.0 Å². The van der Waals surface area contributed by atoms with Gasteiger partial charge in [0.1, 0.15) is 23.0 Å². The third-order valence-electron chi connectivity index (χ3n) is 7.92. The zero-order valence-corrected chi connectivity index (χ0v) is 22.6. The SMILES string of the molecule is c1ccc(S(c2ccccc2)(c2ccccc2)c2ccc3c(c2)Oc2cccc4c2B3c2ccccc2O4)cc1. The van der Waals surface area contributed by atoms with Gasteiger partial charge < -0.3 is 9.47 Å². The molecule has 2 aliphatic heterocycles. The van der Waals surface area contributed by atoms with Crippen molar-refractivity contribution in [2.45, 2.75) is 19.6 Å². The number of hydrogen-bond acceptors (Lipinski definition) is 2. The molecular weight excluding hydrogens is 507 g/mol. The Bertz CT molecular complexity index is 1760. The maximum absolute atomic E-state index is 6.72. The number of hydrogen-bond donors (Lipinski definition) is 0. The fraction of sp³-hybridized carbons (Fsp3) is 0. The van der Waals surface area contributed by atoms with Crippen LogP contribution in [0.3, 0.4) is 0 Å². The Labute approximate surface area is 236 Å². The van der Waals surface area contributed by atoms with Crippen LogP contribution in [0.4, 0.5) is 0 Å². The molecule has 2 aliphatic rings. The fourth-order valence-corrected chi connectivity index (χ4v) is 10.1. The largest absolute Gasteiger partial charge is 0.458 e. The first kappa shape index (κ1) is 23.2. The van der Waals surface area contributed by atoms with Crippen molar-refractivity contribution in [1.82, 2.24) is 0 Å². The van der Waals surface area contributed by atoms with Gasteiger partial charge in [-0.25, -0.2) is 0 Å². The molecule has 0 amide bonds. The molecule has 0 spiro atoms. The second kappa shape index (κ2) is 9.22. The average molecular weight is 532 g/mol. The summed E-state index contributed by atoms with van der Waals surface area (Å²) in [4.78, 5) is 5.13. The van der Waals surface area contributed by atoms with E-state index in [0.29, 0.717) is 0 Å². The summed E-state index contributed by atoms with van der Waals surface area (Å²) in [5.74, 6) is 3.55. The van der Waals surface area contributed by atoms with Crippen LogP contribution in [0.5, 0.6) is 23.0 Å². The molecule has 6 aromatic rings. The Hall–Kier alpha value is -4.67. The quantitative estimate of drug-likeness (QED) is 0.216. The van der Waals surface area contributed by atoms with Gasteiger partial charge in [0.15, 0.2) is 0 Å². The Morgan fingerprint density at radius 2 is 0.850 bits per heavy atom. The molecule has 4 heteroatoms. The summed E-state index contributed by atoms with van der Waals surface area (Å²) in [7, 11) is -1.81. The van der Waals surface area contributed by atoms with Crippen LogP contribution in [0.2, 0.25) is 0 Å². The Morgan fingerprint density at radius 3 is 1.45 bits per heavy atom. The molecule has 0 N–H and O–H groups in total. The first-order valence-corrected chi connectivity index (χ1v) is 15.2. The van der Waals surface area contributed by atoms with Gasteiger partial charge in [0.05, 0.1) is 0 Å². The summed E-state index contributed by atoms with van der Waals surface area (Å²) in [5, 5.41) is 0. The molecule has 0 aromatic heterocycles. The van der Waals surface area contributed by atoms with Crippen LogP contribution < -0.4 is 25.9 Å². The van der Waals surface area contributed by atoms with E-state index in [1.807, 2.05) is 18.2 Å². The molecular formula is C36H25BO2S. The Kier molecular flexibility index (Phi) is 5.36. The van der Waals surface area contributed by atoms with E-state index >= 15 is 0 Å². The monoisotopic (exact) mass is 532 g/mol. The zero-order chi connectivity index (χ0) is 26.5. The van der Waals surface area contributed by atoms with E-state index in [1.54, 1.807) is 0 Å². The summed E-state index contributed by atoms with van der Waals surface area (Å²) in [6, 6.07) is 54.2. The third kappa shape index (κ3) is 3.39. The molecule has 0 fully saturated rings. The molecule has 0 unspecified atom stereocenters. The van der Waals surface area contributed by atoms with Crippen molar-refractivity contribution in [2.24, 2.45) is 0 Å². The summed E-state index contributed by atoms with van der Waals surface area (Å²) in [5.41, 5.74) is 3.45. The van der Waals surface area contributed by atoms with E-state index in [0.717, 1.165) is 28.5 Å². The molecule has 0 aliphatic carbocycles. The van der Waals surface area contributed by atoms with E-state index in [2.05, 4.69) is 133 Å². The fourth-order valence-electron chi connectivity index (χ4n) is 6.24. The van der Waals surface area contributed by atoms with Crippen molar-refractivity contribution in [3.05, 3.63) is 152 Å². The van der Waals surface area contributed by atoms with Gasteiger partial charge in [0.2, 0.25) is 0 Å². The van der Waals surface area contributed by atoms with Crippen LogP contribution in [0.15, 0.2) is 171 Å². The lowest BCUT2D eigenvalue weighted by molar-refractivity contribution is 0.464. The highest BCUT2D eigenvalue weighted by molar-refractivity contribution is 8.34. The van der Waals surface area contributed by atoms with Gasteiger partial charge in [-0.05, 0) is 77.7 Å². The minimum atomic E-state index is -1.81. The smallest absolute Gasteiger partial charge is 0.260 e. The first-order valence-electron chi connectivity index (χ1n) is 13.5. The Balaban J connectivity index is 1.41. The maximum Gasteiger partial charge on any atom is 0.260 e. The molecule has 190 valence electrons. The van der Waals surface area contributed by atoms with E-state index in [9.17, 15) is 0 Å². The minimum Gasteiger partial charge on any atom is -0.458 e. The zero-order valence-electron chi connectivity index (χ0n) is 21.7. The highest BCUT2D eigenvalue weighted by atomic mass is 32.3. The van der Waals surface area contributed by atoms with Gasteiger partial charge in [-0.1, -0.05) is 84.9 Å². The third-order valence-corrected chi connectivity index (χ3v) is 11.8. The number of ether oxygens (including phenoxy) is 2. The molecule has 0 radical (unpaired) electrons. The molecule has 8 rings (SSSR count). The van der Waals surface area contributed by atoms with Gasteiger partial charge in [-0.3, -0.25) is 0 Å². The number of rotatable bonds is 4. The van der Waals surface area contributed by atoms with Crippen LogP contribution in [-0.4, -0.2) is 6.71 Å². The van der Waals surface area contributed by atoms with Crippen LogP contribution in [0, 0.1) is 0 Å². The Morgan fingerprint density at radius 1 is 0.375 bits per heavy atom. The summed E-state index contributed by atoms with van der Waals surface area (Å²) in [6.45, 7) is 0.0588. The molecule has 40 heavy (non-hydrogen) atoms. The van der Waals surface area contributed by atoms with Crippen LogP contribution in [0.1, 0.15) is 0 Å². The van der Waals surface area contributed by atoms with Gasteiger partial charge in [-0.2, -0.15) is 0 Å². The van der Waals surface area contributed by atoms with Gasteiger partial charge in [0, 0.05) is 25.0 Å². The number of fused-ring (bicyclic) bond motifs is 4. The summed E-state index contributed by atoms with van der Waals surface area (Å²) >= 11 is 0. The molecule has 0 saturated carbocycles. The van der Waals surface area contributed by atoms with Crippen molar-refractivity contribution in [3.8, 4) is 23.0 Å². The van der Waals surface area contributed by atoms with Crippen molar-refractivity contribution in [1.29, 1.82) is 0 Å². The molecule has 0 atom stereocenters.